The van der Waals surface area contributed by atoms with E-state index in [-0.39, 0.29) is 24.0 Å². The minimum Gasteiger partial charge on any atom is -0.486 e. The summed E-state index contributed by atoms with van der Waals surface area (Å²) in [6, 6.07) is 18.1. The average molecular weight is 811 g/mol. The fraction of sp³-hybridized carbons (Fsp3) is 0.286. The fourth-order valence-corrected chi connectivity index (χ4v) is 8.55. The monoisotopic (exact) mass is 810 g/mol. The van der Waals surface area contributed by atoms with Crippen molar-refractivity contribution in [2.75, 3.05) is 32.8 Å². The van der Waals surface area contributed by atoms with Crippen molar-refractivity contribution in [1.82, 2.24) is 19.9 Å². The first-order valence-corrected chi connectivity index (χ1v) is 20.4. The molecule has 7 aromatic rings. The second-order valence-corrected chi connectivity index (χ2v) is 16.3. The summed E-state index contributed by atoms with van der Waals surface area (Å²) in [6.07, 6.45) is 5.16. The van der Waals surface area contributed by atoms with Crippen LogP contribution >= 0.6 is 11.6 Å². The summed E-state index contributed by atoms with van der Waals surface area (Å²) in [5.74, 6) is 3.55. The van der Waals surface area contributed by atoms with E-state index in [0.717, 1.165) is 53.4 Å². The number of aromatic nitrogens is 3. The van der Waals surface area contributed by atoms with Crippen molar-refractivity contribution in [3.8, 4) is 23.0 Å². The quantitative estimate of drug-likeness (QED) is 0.155. The number of halogens is 1. The molecule has 0 fully saturated rings. The second-order valence-electron chi connectivity index (χ2n) is 14.5. The van der Waals surface area contributed by atoms with Crippen molar-refractivity contribution in [2.24, 2.45) is 0 Å². The van der Waals surface area contributed by atoms with Crippen LogP contribution in [0, 0.1) is 20.8 Å². The minimum absolute atomic E-state index is 0.0506. The number of benzene rings is 4. The number of fused-ring (bicyclic) bond motifs is 7. The molecule has 3 aromatic heterocycles. The number of ether oxygens (including phenoxy) is 4. The molecule has 0 amide bonds. The molecule has 0 bridgehead atoms. The zero-order valence-electron chi connectivity index (χ0n) is 31.4. The van der Waals surface area contributed by atoms with Crippen LogP contribution in [0.5, 0.6) is 23.0 Å². The summed E-state index contributed by atoms with van der Waals surface area (Å²) in [6.45, 7) is 8.87. The van der Waals surface area contributed by atoms with Gasteiger partial charge in [0, 0.05) is 67.6 Å². The van der Waals surface area contributed by atoms with Gasteiger partial charge in [0.05, 0.1) is 4.90 Å². The number of hydrogen-bond donors (Lipinski definition) is 2. The molecule has 3 aliphatic rings. The van der Waals surface area contributed by atoms with Gasteiger partial charge in [0.2, 0.25) is 22.7 Å². The van der Waals surface area contributed by atoms with Crippen LogP contribution in [0.3, 0.4) is 0 Å². The maximum Gasteiger partial charge on any atom is 0.294 e. The molecule has 0 aliphatic carbocycles. The first kappa shape index (κ1) is 37.1. The first-order valence-electron chi connectivity index (χ1n) is 18.6. The Morgan fingerprint density at radius 2 is 1.53 bits per heavy atom. The van der Waals surface area contributed by atoms with Crippen molar-refractivity contribution in [1.29, 1.82) is 0 Å². The van der Waals surface area contributed by atoms with Gasteiger partial charge in [0.1, 0.15) is 36.5 Å². The third-order valence-electron chi connectivity index (χ3n) is 10.3. The lowest BCUT2D eigenvalue weighted by Gasteiger charge is -2.32. The highest BCUT2D eigenvalue weighted by atomic mass is 35.5. The Morgan fingerprint density at radius 3 is 2.18 bits per heavy atom. The molecule has 0 radical (unpaired) electrons. The molecule has 2 atom stereocenters. The van der Waals surface area contributed by atoms with E-state index in [0.29, 0.717) is 57.9 Å². The molecule has 0 saturated heterocycles. The molecule has 0 spiro atoms. The molecule has 10 rings (SSSR count). The Labute approximate surface area is 332 Å². The lowest BCUT2D eigenvalue weighted by molar-refractivity contribution is 0.0621. The van der Waals surface area contributed by atoms with Crippen LogP contribution in [-0.2, 0) is 16.5 Å². The van der Waals surface area contributed by atoms with E-state index in [1.165, 1.54) is 22.6 Å². The molecule has 13 nitrogen and oxygen atoms in total. The van der Waals surface area contributed by atoms with Gasteiger partial charge in [-0.1, -0.05) is 35.4 Å². The van der Waals surface area contributed by atoms with Crippen molar-refractivity contribution >= 4 is 60.4 Å². The Morgan fingerprint density at radius 1 is 0.860 bits per heavy atom. The largest absolute Gasteiger partial charge is 0.486 e. The molecular formula is C42H39ClN4O9S. The Balaban J connectivity index is 0.000000151. The summed E-state index contributed by atoms with van der Waals surface area (Å²) in [5.41, 5.74) is 7.71. The molecular weight excluding hydrogens is 772 g/mol. The van der Waals surface area contributed by atoms with Crippen molar-refractivity contribution in [3.63, 3.8) is 0 Å². The molecule has 3 aliphatic heterocycles. The van der Waals surface area contributed by atoms with Gasteiger partial charge in [-0.2, -0.15) is 8.42 Å². The fourth-order valence-electron chi connectivity index (χ4n) is 7.66. The van der Waals surface area contributed by atoms with Crippen LogP contribution in [-0.4, -0.2) is 77.9 Å². The van der Waals surface area contributed by atoms with Gasteiger partial charge in [-0.05, 0) is 73.0 Å². The highest BCUT2D eigenvalue weighted by Gasteiger charge is 2.29. The van der Waals surface area contributed by atoms with Crippen LogP contribution < -0.4 is 18.9 Å². The summed E-state index contributed by atoms with van der Waals surface area (Å²) in [4.78, 5) is 14.3. The van der Waals surface area contributed by atoms with Gasteiger partial charge >= 0.3 is 0 Å². The topological polar surface area (TPSA) is 162 Å². The predicted molar refractivity (Wildman–Crippen MR) is 214 cm³/mol. The number of hydrogen-bond acceptors (Lipinski definition) is 11. The Kier molecular flexibility index (Phi) is 9.59. The number of rotatable bonds is 6. The highest BCUT2D eigenvalue weighted by Crippen LogP contribution is 2.41. The molecule has 57 heavy (non-hydrogen) atoms. The third kappa shape index (κ3) is 7.53. The third-order valence-corrected chi connectivity index (χ3v) is 11.5. The number of nitrogens with one attached hydrogen (secondary N) is 1. The maximum absolute atomic E-state index is 11.6. The second kappa shape index (κ2) is 14.8. The van der Waals surface area contributed by atoms with E-state index in [1.807, 2.05) is 44.2 Å². The lowest BCUT2D eigenvalue weighted by Crippen LogP contribution is -2.42. The van der Waals surface area contributed by atoms with E-state index in [4.69, 9.17) is 39.4 Å². The zero-order valence-corrected chi connectivity index (χ0v) is 32.9. The Hall–Kier alpha value is -5.54. The molecule has 2 N–H and O–H groups in total. The summed E-state index contributed by atoms with van der Waals surface area (Å²) in [5, 5.41) is 1.94. The van der Waals surface area contributed by atoms with Crippen molar-refractivity contribution in [2.45, 2.75) is 50.7 Å². The number of oxazole rings is 2. The molecule has 294 valence electrons. The Bertz CT molecular complexity index is 2810. The standard InChI is InChI=1S/C24H22ClN3O3.C18H17NO6S/c1-14-27-21-4-5-22-24(23(21)30-14)31-17(13-29-22)12-28-8-6-15(7-9-28)19-11-26-20-3-2-16(25)10-18(19)20;1-10-3-6-16(26(20,21)22)12(7-10)8-13-9-23-15-5-4-14-17(18(15)25-13)24-11(2)19-14/h2-6,10-11,17,26H,7-9,12-13H2,1H3;3-7,13H,8-9H2,1-2H3,(H,20,21,22)/t;13-/m.1/s1. The molecule has 4 aromatic carbocycles. The summed E-state index contributed by atoms with van der Waals surface area (Å²) >= 11 is 6.21. The van der Waals surface area contributed by atoms with Crippen LogP contribution in [0.25, 0.3) is 38.7 Å². The van der Waals surface area contributed by atoms with Crippen LogP contribution in [0.4, 0.5) is 0 Å². The number of nitrogens with zero attached hydrogens (tertiary/aromatic N) is 3. The minimum atomic E-state index is -4.32. The van der Waals surface area contributed by atoms with Gasteiger partial charge in [-0.15, -0.1) is 0 Å². The van der Waals surface area contributed by atoms with E-state index >= 15 is 0 Å². The zero-order chi connectivity index (χ0) is 39.4. The maximum atomic E-state index is 11.6. The molecule has 6 heterocycles. The lowest BCUT2D eigenvalue weighted by atomic mass is 9.99. The van der Waals surface area contributed by atoms with Crippen molar-refractivity contribution in [3.05, 3.63) is 106 Å². The van der Waals surface area contributed by atoms with Crippen molar-refractivity contribution < 1.29 is 40.8 Å². The molecule has 1 unspecified atom stereocenters. The molecule has 15 heteroatoms. The normalized spacial score (nSPS) is 18.1. The van der Waals surface area contributed by atoms with Gasteiger partial charge in [-0.25, -0.2) is 9.97 Å². The van der Waals surface area contributed by atoms with Gasteiger partial charge in [0.25, 0.3) is 10.1 Å². The summed E-state index contributed by atoms with van der Waals surface area (Å²) < 4.78 is 68.2. The number of aromatic amines is 1. The van der Waals surface area contributed by atoms with Crippen LogP contribution in [0.2, 0.25) is 5.02 Å². The average Bonchev–Trinajstić information content (AvgIpc) is 3.90. The van der Waals surface area contributed by atoms with Gasteiger partial charge in [-0.3, -0.25) is 9.45 Å². The van der Waals surface area contributed by atoms with Gasteiger partial charge < -0.3 is 32.8 Å². The first-order chi connectivity index (χ1) is 27.4. The van der Waals surface area contributed by atoms with E-state index < -0.39 is 16.2 Å². The SMILES string of the molecule is Cc1ccc(S(=O)(=O)O)c(C[C@@H]2COc3ccc4nc(C)oc4c3O2)c1.Cc1nc2ccc3c(c2o1)OC(CN1CC=C(c2c[nH]c4ccc(Cl)cc24)CC1)CO3. The van der Waals surface area contributed by atoms with Crippen LogP contribution in [0.1, 0.15) is 34.9 Å². The molecule has 0 saturated carbocycles. The van der Waals surface area contributed by atoms with Gasteiger partial charge in [0.15, 0.2) is 23.3 Å². The van der Waals surface area contributed by atoms with E-state index in [2.05, 4.69) is 32.1 Å². The van der Waals surface area contributed by atoms with E-state index in [9.17, 15) is 13.0 Å². The summed E-state index contributed by atoms with van der Waals surface area (Å²) in [7, 11) is -4.32. The smallest absolute Gasteiger partial charge is 0.294 e. The van der Waals surface area contributed by atoms with E-state index in [1.54, 1.807) is 31.2 Å². The highest BCUT2D eigenvalue weighted by molar-refractivity contribution is 7.85. The number of aryl methyl sites for hydroxylation is 3. The van der Waals surface area contributed by atoms with Crippen LogP contribution in [0.15, 0.2) is 86.7 Å². The predicted octanol–water partition coefficient (Wildman–Crippen LogP) is 8.27. The number of H-pyrrole nitrogens is 1.